The van der Waals surface area contributed by atoms with E-state index in [1.807, 2.05) is 54.8 Å². The fourth-order valence-corrected chi connectivity index (χ4v) is 1.38. The van der Waals surface area contributed by atoms with Gasteiger partial charge in [0, 0.05) is 11.9 Å². The Morgan fingerprint density at radius 1 is 0.733 bits per heavy atom. The zero-order chi connectivity index (χ0) is 10.3. The van der Waals surface area contributed by atoms with Crippen LogP contribution in [0.15, 0.2) is 66.9 Å². The zero-order valence-corrected chi connectivity index (χ0v) is 8.43. The lowest BCUT2D eigenvalue weighted by Crippen LogP contribution is -1.89. The maximum Gasteiger partial charge on any atom is 0.0453 e. The van der Waals surface area contributed by atoms with Crippen LogP contribution in [0, 0.1) is 0 Å². The quantitative estimate of drug-likeness (QED) is 0.664. The zero-order valence-electron chi connectivity index (χ0n) is 8.43. The second kappa shape index (κ2) is 5.01. The Morgan fingerprint density at radius 2 is 1.47 bits per heavy atom. The number of allylic oxidation sites excluding steroid dienone is 6. The highest BCUT2D eigenvalue weighted by Crippen LogP contribution is 2.16. The first-order valence-corrected chi connectivity index (χ1v) is 4.99. The molecule has 1 heterocycles. The molecule has 1 nitrogen and oxygen atoms in total. The van der Waals surface area contributed by atoms with Crippen molar-refractivity contribution in [1.29, 1.82) is 0 Å². The molecule has 0 saturated heterocycles. The Kier molecular flexibility index (Phi) is 3.18. The fourth-order valence-electron chi connectivity index (χ4n) is 1.38. The van der Waals surface area contributed by atoms with E-state index in [0.717, 1.165) is 5.69 Å². The van der Waals surface area contributed by atoms with Crippen molar-refractivity contribution in [3.05, 3.63) is 72.5 Å². The number of fused-ring (bicyclic) bond motifs is 1. The Balaban J connectivity index is 2.36. The van der Waals surface area contributed by atoms with E-state index < -0.39 is 0 Å². The van der Waals surface area contributed by atoms with Crippen LogP contribution < -0.4 is 5.32 Å². The van der Waals surface area contributed by atoms with Crippen LogP contribution in [-0.2, 0) is 0 Å². The average molecular weight is 195 g/mol. The topological polar surface area (TPSA) is 12.0 Å². The monoisotopic (exact) mass is 195 g/mol. The van der Waals surface area contributed by atoms with Gasteiger partial charge in [-0.05, 0) is 17.7 Å². The molecular weight excluding hydrogens is 182 g/mol. The van der Waals surface area contributed by atoms with Crippen LogP contribution in [0.5, 0.6) is 0 Å². The van der Waals surface area contributed by atoms with E-state index in [0.29, 0.717) is 0 Å². The standard InChI is InChI=1S/C14H13N/c1-2-4-8-12-15-14-11-7-6-10-13(14)9-5-3-1/h1-12,15H. The first-order valence-electron chi connectivity index (χ1n) is 4.99. The summed E-state index contributed by atoms with van der Waals surface area (Å²) in [6.07, 6.45) is 16.1. The number of anilines is 1. The molecule has 0 bridgehead atoms. The number of hydrogen-bond donors (Lipinski definition) is 1. The minimum atomic E-state index is 1.12. The summed E-state index contributed by atoms with van der Waals surface area (Å²) >= 11 is 0. The van der Waals surface area contributed by atoms with Crippen LogP contribution in [-0.4, -0.2) is 0 Å². The lowest BCUT2D eigenvalue weighted by atomic mass is 10.1. The highest BCUT2D eigenvalue weighted by Gasteiger charge is 1.94. The molecule has 0 atom stereocenters. The van der Waals surface area contributed by atoms with Crippen molar-refractivity contribution >= 4 is 11.8 Å². The molecule has 1 aliphatic rings. The van der Waals surface area contributed by atoms with Gasteiger partial charge in [0.1, 0.15) is 0 Å². The number of rotatable bonds is 0. The highest BCUT2D eigenvalue weighted by molar-refractivity contribution is 5.68. The van der Waals surface area contributed by atoms with Gasteiger partial charge in [-0.3, -0.25) is 0 Å². The van der Waals surface area contributed by atoms with Crippen LogP contribution in [0.2, 0.25) is 0 Å². The molecule has 1 heteroatoms. The summed E-state index contributed by atoms with van der Waals surface area (Å²) in [5.74, 6) is 0. The van der Waals surface area contributed by atoms with Crippen molar-refractivity contribution in [2.45, 2.75) is 0 Å². The molecule has 0 radical (unpaired) electrons. The maximum absolute atomic E-state index is 3.25. The second-order valence-electron chi connectivity index (χ2n) is 3.22. The molecule has 2 rings (SSSR count). The SMILES string of the molecule is C1=CC=CNc2ccccc2C=CC=C1. The summed E-state index contributed by atoms with van der Waals surface area (Å²) in [7, 11) is 0. The highest BCUT2D eigenvalue weighted by atomic mass is 14.8. The first-order chi connectivity index (χ1) is 7.47. The van der Waals surface area contributed by atoms with Crippen LogP contribution in [0.25, 0.3) is 6.08 Å². The van der Waals surface area contributed by atoms with E-state index in [-0.39, 0.29) is 0 Å². The number of para-hydroxylation sites is 1. The van der Waals surface area contributed by atoms with Gasteiger partial charge in [-0.15, -0.1) is 0 Å². The van der Waals surface area contributed by atoms with Gasteiger partial charge >= 0.3 is 0 Å². The van der Waals surface area contributed by atoms with E-state index in [9.17, 15) is 0 Å². The molecule has 0 amide bonds. The maximum atomic E-state index is 3.25. The Hall–Kier alpha value is -2.02. The van der Waals surface area contributed by atoms with Crippen molar-refractivity contribution < 1.29 is 0 Å². The first kappa shape index (κ1) is 9.53. The van der Waals surface area contributed by atoms with E-state index >= 15 is 0 Å². The Bertz CT molecular complexity index is 436. The summed E-state index contributed by atoms with van der Waals surface area (Å²) in [6, 6.07) is 8.22. The van der Waals surface area contributed by atoms with E-state index in [4.69, 9.17) is 0 Å². The molecule has 74 valence electrons. The van der Waals surface area contributed by atoms with Crippen molar-refractivity contribution in [3.8, 4) is 0 Å². The summed E-state index contributed by atoms with van der Waals surface area (Å²) in [4.78, 5) is 0. The number of benzene rings is 1. The van der Waals surface area contributed by atoms with Crippen LogP contribution in [0.1, 0.15) is 5.56 Å². The van der Waals surface area contributed by atoms with Crippen molar-refractivity contribution in [3.63, 3.8) is 0 Å². The second-order valence-corrected chi connectivity index (χ2v) is 3.22. The third-order valence-electron chi connectivity index (χ3n) is 2.13. The molecule has 1 aromatic carbocycles. The van der Waals surface area contributed by atoms with E-state index in [1.165, 1.54) is 5.56 Å². The van der Waals surface area contributed by atoms with Gasteiger partial charge in [0.25, 0.3) is 0 Å². The third kappa shape index (κ3) is 2.71. The summed E-state index contributed by atoms with van der Waals surface area (Å²) < 4.78 is 0. The molecule has 0 aliphatic carbocycles. The lowest BCUT2D eigenvalue weighted by Gasteiger charge is -2.04. The number of hydrogen-bond acceptors (Lipinski definition) is 1. The summed E-state index contributed by atoms with van der Waals surface area (Å²) in [5.41, 5.74) is 2.31. The van der Waals surface area contributed by atoms with Crippen LogP contribution >= 0.6 is 0 Å². The molecule has 0 aromatic heterocycles. The van der Waals surface area contributed by atoms with Gasteiger partial charge in [0.05, 0.1) is 0 Å². The minimum absolute atomic E-state index is 1.12. The van der Waals surface area contributed by atoms with Gasteiger partial charge in [0.2, 0.25) is 0 Å². The molecule has 0 fully saturated rings. The molecule has 1 aliphatic heterocycles. The molecular formula is C14H13N. The molecule has 15 heavy (non-hydrogen) atoms. The molecule has 1 N–H and O–H groups in total. The van der Waals surface area contributed by atoms with Gasteiger partial charge in [-0.1, -0.05) is 54.7 Å². The van der Waals surface area contributed by atoms with Crippen LogP contribution in [0.3, 0.4) is 0 Å². The van der Waals surface area contributed by atoms with Gasteiger partial charge < -0.3 is 5.32 Å². The summed E-state index contributed by atoms with van der Waals surface area (Å²) in [6.45, 7) is 0. The third-order valence-corrected chi connectivity index (χ3v) is 2.13. The fraction of sp³-hybridized carbons (Fsp3) is 0. The largest absolute Gasteiger partial charge is 0.361 e. The smallest absolute Gasteiger partial charge is 0.0453 e. The van der Waals surface area contributed by atoms with Gasteiger partial charge in [-0.2, -0.15) is 0 Å². The summed E-state index contributed by atoms with van der Waals surface area (Å²) in [5, 5.41) is 3.25. The lowest BCUT2D eigenvalue weighted by molar-refractivity contribution is 1.55. The van der Waals surface area contributed by atoms with E-state index in [2.05, 4.69) is 23.5 Å². The predicted octanol–water partition coefficient (Wildman–Crippen LogP) is 3.75. The average Bonchev–Trinajstić information content (AvgIpc) is 2.32. The molecule has 0 unspecified atom stereocenters. The van der Waals surface area contributed by atoms with Crippen LogP contribution in [0.4, 0.5) is 5.69 Å². The Morgan fingerprint density at radius 3 is 2.40 bits per heavy atom. The van der Waals surface area contributed by atoms with Crippen molar-refractivity contribution in [2.24, 2.45) is 0 Å². The number of nitrogens with one attached hydrogen (secondary N) is 1. The predicted molar refractivity (Wildman–Crippen MR) is 66.5 cm³/mol. The Labute approximate surface area is 90.1 Å². The normalized spacial score (nSPS) is 14.1. The van der Waals surface area contributed by atoms with Gasteiger partial charge in [0.15, 0.2) is 0 Å². The molecule has 1 aromatic rings. The minimum Gasteiger partial charge on any atom is -0.361 e. The van der Waals surface area contributed by atoms with Crippen molar-refractivity contribution in [1.82, 2.24) is 0 Å². The van der Waals surface area contributed by atoms with Crippen molar-refractivity contribution in [2.75, 3.05) is 5.32 Å². The molecule has 0 saturated carbocycles. The van der Waals surface area contributed by atoms with E-state index in [1.54, 1.807) is 0 Å². The van der Waals surface area contributed by atoms with Gasteiger partial charge in [-0.25, -0.2) is 0 Å². The molecule has 0 spiro atoms.